The Morgan fingerprint density at radius 1 is 1.06 bits per heavy atom. The van der Waals surface area contributed by atoms with Gasteiger partial charge in [-0.15, -0.1) is 0 Å². The zero-order valence-corrected chi connectivity index (χ0v) is 20.4. The molecule has 0 aliphatic carbocycles. The van der Waals surface area contributed by atoms with Gasteiger partial charge in [0, 0.05) is 19.2 Å². The van der Waals surface area contributed by atoms with E-state index in [9.17, 15) is 19.8 Å². The molecular formula is C25H29ClN2O6. The number of benzene rings is 2. The van der Waals surface area contributed by atoms with Crippen molar-refractivity contribution in [2.45, 2.75) is 19.9 Å². The van der Waals surface area contributed by atoms with Crippen molar-refractivity contribution in [3.63, 3.8) is 0 Å². The molecule has 1 fully saturated rings. The normalized spacial score (nSPS) is 17.5. The van der Waals surface area contributed by atoms with Crippen LogP contribution in [0.5, 0.6) is 17.2 Å². The van der Waals surface area contributed by atoms with Crippen molar-refractivity contribution in [3.8, 4) is 17.2 Å². The molecule has 182 valence electrons. The van der Waals surface area contributed by atoms with Crippen molar-refractivity contribution in [3.05, 3.63) is 58.1 Å². The minimum atomic E-state index is -0.845. The largest absolute Gasteiger partial charge is 0.508 e. The Labute approximate surface area is 203 Å². The van der Waals surface area contributed by atoms with Gasteiger partial charge in [0.2, 0.25) is 0 Å². The highest BCUT2D eigenvalue weighted by Crippen LogP contribution is 2.43. The lowest BCUT2D eigenvalue weighted by Gasteiger charge is -2.28. The van der Waals surface area contributed by atoms with Crippen molar-refractivity contribution in [2.24, 2.45) is 0 Å². The first-order chi connectivity index (χ1) is 16.3. The van der Waals surface area contributed by atoms with Gasteiger partial charge in [0.1, 0.15) is 23.0 Å². The Kier molecular flexibility index (Phi) is 8.06. The second-order valence-corrected chi connectivity index (χ2v) is 8.21. The zero-order chi connectivity index (χ0) is 25.0. The fourth-order valence-electron chi connectivity index (χ4n) is 4.09. The molecule has 0 radical (unpaired) electrons. The van der Waals surface area contributed by atoms with Gasteiger partial charge in [-0.1, -0.05) is 37.6 Å². The highest BCUT2D eigenvalue weighted by Gasteiger charge is 2.46. The molecule has 1 saturated heterocycles. The first-order valence-electron chi connectivity index (χ1n) is 11.0. The average Bonchev–Trinajstić information content (AvgIpc) is 3.09. The number of aliphatic hydroxyl groups excluding tert-OH is 1. The number of phenolic OH excluding ortho intramolecular Hbond substituents is 1. The van der Waals surface area contributed by atoms with Crippen LogP contribution in [0.1, 0.15) is 31.0 Å². The molecule has 1 aliphatic rings. The summed E-state index contributed by atoms with van der Waals surface area (Å²) in [5.74, 6) is -1.35. The molecule has 0 saturated carbocycles. The standard InChI is InChI=1S/C25H29ClN2O6/c1-5-27(6-2)11-12-28-22(15-7-9-16(29)10-8-15)21(24(31)25(28)32)23(30)17-13-20(34-4)18(26)14-19(17)33-3/h7-10,13-14,22,29-30H,5-6,11-12H2,1-4H3/b23-21+. The van der Waals surface area contributed by atoms with Gasteiger partial charge in [-0.05, 0) is 36.9 Å². The number of Topliss-reactive ketones (excluding diaryl/α,β-unsaturated/α-hetero) is 1. The molecule has 1 unspecified atom stereocenters. The molecule has 34 heavy (non-hydrogen) atoms. The van der Waals surface area contributed by atoms with E-state index in [1.165, 1.54) is 43.4 Å². The van der Waals surface area contributed by atoms with Crippen molar-refractivity contribution < 1.29 is 29.3 Å². The molecule has 1 aliphatic heterocycles. The fraction of sp³-hybridized carbons (Fsp3) is 0.360. The molecule has 1 atom stereocenters. The molecular weight excluding hydrogens is 460 g/mol. The zero-order valence-electron chi connectivity index (χ0n) is 19.7. The van der Waals surface area contributed by atoms with Crippen molar-refractivity contribution in [1.29, 1.82) is 0 Å². The number of aliphatic hydroxyl groups is 1. The Balaban J connectivity index is 2.19. The third-order valence-corrected chi connectivity index (χ3v) is 6.32. The van der Waals surface area contributed by atoms with Crippen LogP contribution in [0.15, 0.2) is 42.0 Å². The molecule has 1 heterocycles. The lowest BCUT2D eigenvalue weighted by Crippen LogP contribution is -2.38. The summed E-state index contributed by atoms with van der Waals surface area (Å²) in [6, 6.07) is 8.31. The molecule has 3 rings (SSSR count). The van der Waals surface area contributed by atoms with E-state index in [0.29, 0.717) is 12.1 Å². The van der Waals surface area contributed by atoms with E-state index in [0.717, 1.165) is 13.1 Å². The molecule has 2 aromatic rings. The number of likely N-dealkylation sites (tertiary alicyclic amines) is 1. The second kappa shape index (κ2) is 10.8. The molecule has 8 nitrogen and oxygen atoms in total. The maximum Gasteiger partial charge on any atom is 0.295 e. The van der Waals surface area contributed by atoms with Crippen LogP contribution in [-0.2, 0) is 9.59 Å². The predicted octanol–water partition coefficient (Wildman–Crippen LogP) is 3.83. The Morgan fingerprint density at radius 3 is 2.24 bits per heavy atom. The number of carbonyl (C=O) groups excluding carboxylic acids is 2. The highest BCUT2D eigenvalue weighted by atomic mass is 35.5. The number of ether oxygens (including phenoxy) is 2. The number of aromatic hydroxyl groups is 1. The third-order valence-electron chi connectivity index (χ3n) is 6.03. The van der Waals surface area contributed by atoms with E-state index in [1.807, 2.05) is 13.8 Å². The van der Waals surface area contributed by atoms with Crippen LogP contribution in [0.3, 0.4) is 0 Å². The number of hydrogen-bond acceptors (Lipinski definition) is 7. The summed E-state index contributed by atoms with van der Waals surface area (Å²) in [5, 5.41) is 21.4. The van der Waals surface area contributed by atoms with E-state index in [4.69, 9.17) is 21.1 Å². The summed E-state index contributed by atoms with van der Waals surface area (Å²) < 4.78 is 10.6. The molecule has 2 N–H and O–H groups in total. The van der Waals surface area contributed by atoms with Crippen LogP contribution in [0.25, 0.3) is 5.76 Å². The van der Waals surface area contributed by atoms with E-state index >= 15 is 0 Å². The summed E-state index contributed by atoms with van der Waals surface area (Å²) in [4.78, 5) is 29.9. The Hall–Kier alpha value is -3.23. The van der Waals surface area contributed by atoms with Gasteiger partial charge < -0.3 is 29.5 Å². The first-order valence-corrected chi connectivity index (χ1v) is 11.4. The molecule has 2 aromatic carbocycles. The number of phenols is 1. The van der Waals surface area contributed by atoms with Gasteiger partial charge in [-0.2, -0.15) is 0 Å². The molecule has 0 bridgehead atoms. The van der Waals surface area contributed by atoms with E-state index in [2.05, 4.69) is 4.90 Å². The van der Waals surface area contributed by atoms with Crippen molar-refractivity contribution in [2.75, 3.05) is 40.4 Å². The lowest BCUT2D eigenvalue weighted by atomic mass is 9.95. The predicted molar refractivity (Wildman–Crippen MR) is 129 cm³/mol. The Bertz CT molecular complexity index is 1100. The van der Waals surface area contributed by atoms with Gasteiger partial charge in [0.15, 0.2) is 0 Å². The molecule has 0 aromatic heterocycles. The number of nitrogens with zero attached hydrogens (tertiary/aromatic N) is 2. The highest BCUT2D eigenvalue weighted by molar-refractivity contribution is 6.46. The number of carbonyl (C=O) groups is 2. The summed E-state index contributed by atoms with van der Waals surface area (Å²) in [6.07, 6.45) is 0. The summed E-state index contributed by atoms with van der Waals surface area (Å²) in [5.41, 5.74) is 0.685. The maximum atomic E-state index is 13.2. The minimum absolute atomic E-state index is 0.0490. The van der Waals surface area contributed by atoms with Crippen molar-refractivity contribution in [1.82, 2.24) is 9.80 Å². The maximum absolute atomic E-state index is 13.2. The van der Waals surface area contributed by atoms with Gasteiger partial charge >= 0.3 is 0 Å². The fourth-order valence-corrected chi connectivity index (χ4v) is 4.32. The van der Waals surface area contributed by atoms with Gasteiger partial charge in [-0.3, -0.25) is 9.59 Å². The summed E-state index contributed by atoms with van der Waals surface area (Å²) >= 11 is 6.20. The first kappa shape index (κ1) is 25.4. The van der Waals surface area contributed by atoms with Crippen LogP contribution in [0, 0.1) is 0 Å². The average molecular weight is 489 g/mol. The summed E-state index contributed by atoms with van der Waals surface area (Å²) in [7, 11) is 2.84. The number of amides is 1. The number of likely N-dealkylation sites (N-methyl/N-ethyl adjacent to an activating group) is 1. The molecule has 9 heteroatoms. The number of rotatable bonds is 9. The quantitative estimate of drug-likeness (QED) is 0.314. The molecule has 0 spiro atoms. The minimum Gasteiger partial charge on any atom is -0.508 e. The SMILES string of the molecule is CCN(CC)CCN1C(=O)C(=O)/C(=C(/O)c2cc(OC)c(Cl)cc2OC)C1c1ccc(O)cc1. The van der Waals surface area contributed by atoms with Crippen LogP contribution in [0.2, 0.25) is 5.02 Å². The van der Waals surface area contributed by atoms with Gasteiger partial charge in [0.05, 0.1) is 36.4 Å². The van der Waals surface area contributed by atoms with E-state index < -0.39 is 23.5 Å². The number of methoxy groups -OCH3 is 2. The van der Waals surface area contributed by atoms with Crippen molar-refractivity contribution >= 4 is 29.1 Å². The third kappa shape index (κ3) is 4.83. The molecule has 1 amide bonds. The van der Waals surface area contributed by atoms with Crippen LogP contribution in [-0.4, -0.2) is 72.1 Å². The van der Waals surface area contributed by atoms with Crippen LogP contribution in [0.4, 0.5) is 0 Å². The second-order valence-electron chi connectivity index (χ2n) is 7.80. The van der Waals surface area contributed by atoms with E-state index in [-0.39, 0.29) is 40.0 Å². The summed E-state index contributed by atoms with van der Waals surface area (Å²) in [6.45, 7) is 6.49. The lowest BCUT2D eigenvalue weighted by molar-refractivity contribution is -0.140. The Morgan fingerprint density at radius 2 is 1.68 bits per heavy atom. The van der Waals surface area contributed by atoms with Gasteiger partial charge in [-0.25, -0.2) is 0 Å². The van der Waals surface area contributed by atoms with Crippen LogP contribution < -0.4 is 9.47 Å². The monoisotopic (exact) mass is 488 g/mol. The van der Waals surface area contributed by atoms with E-state index in [1.54, 1.807) is 12.1 Å². The number of hydrogen-bond donors (Lipinski definition) is 2. The van der Waals surface area contributed by atoms with Crippen LogP contribution >= 0.6 is 11.6 Å². The number of halogens is 1. The number of ketones is 1. The van der Waals surface area contributed by atoms with Gasteiger partial charge in [0.25, 0.3) is 11.7 Å². The smallest absolute Gasteiger partial charge is 0.295 e. The topological polar surface area (TPSA) is 99.5 Å².